The zero-order valence-corrected chi connectivity index (χ0v) is 9.88. The predicted octanol–water partition coefficient (Wildman–Crippen LogP) is 1.38. The van der Waals surface area contributed by atoms with Gasteiger partial charge in [0, 0.05) is 0 Å². The van der Waals surface area contributed by atoms with Crippen molar-refractivity contribution >= 4 is 11.7 Å². The number of nitrogens with zero attached hydrogens (tertiary/aromatic N) is 2. The maximum Gasteiger partial charge on any atom is 0.153 e. The number of hydrogen-bond acceptors (Lipinski definition) is 4. The predicted molar refractivity (Wildman–Crippen MR) is 65.4 cm³/mol. The quantitative estimate of drug-likeness (QED) is 0.397. The number of nitrogens with one attached hydrogen (secondary N) is 1. The normalized spacial score (nSPS) is 10.4. The molecule has 1 rings (SSSR count). The SMILES string of the molecule is CCCCCc1nc(N)c(C(=N)N)nc1C. The number of aryl methyl sites for hydroxylation is 2. The zero-order valence-electron chi connectivity index (χ0n) is 9.88. The maximum absolute atomic E-state index is 7.31. The highest BCUT2D eigenvalue weighted by Gasteiger charge is 2.10. The molecule has 0 spiro atoms. The van der Waals surface area contributed by atoms with Crippen LogP contribution >= 0.6 is 0 Å². The van der Waals surface area contributed by atoms with E-state index < -0.39 is 0 Å². The highest BCUT2D eigenvalue weighted by molar-refractivity contribution is 5.97. The Kier molecular flexibility index (Phi) is 4.22. The Balaban J connectivity index is 2.88. The number of anilines is 1. The summed E-state index contributed by atoms with van der Waals surface area (Å²) in [6.07, 6.45) is 4.32. The van der Waals surface area contributed by atoms with E-state index in [9.17, 15) is 0 Å². The van der Waals surface area contributed by atoms with Gasteiger partial charge in [0.2, 0.25) is 0 Å². The van der Waals surface area contributed by atoms with Gasteiger partial charge in [0.1, 0.15) is 11.5 Å². The van der Waals surface area contributed by atoms with E-state index in [0.29, 0.717) is 0 Å². The Bertz CT molecular complexity index is 386. The summed E-state index contributed by atoms with van der Waals surface area (Å²) in [6, 6.07) is 0. The van der Waals surface area contributed by atoms with Crippen LogP contribution in [0.15, 0.2) is 0 Å². The molecule has 0 aliphatic rings. The van der Waals surface area contributed by atoms with Crippen LogP contribution in [0.5, 0.6) is 0 Å². The van der Waals surface area contributed by atoms with E-state index in [1.54, 1.807) is 0 Å². The Labute approximate surface area is 95.8 Å². The number of aromatic nitrogens is 2. The topological polar surface area (TPSA) is 102 Å². The second-order valence-corrected chi connectivity index (χ2v) is 3.86. The number of nitrogens with two attached hydrogens (primary N) is 2. The summed E-state index contributed by atoms with van der Waals surface area (Å²) in [5.41, 5.74) is 13.1. The lowest BCUT2D eigenvalue weighted by atomic mass is 10.1. The smallest absolute Gasteiger partial charge is 0.153 e. The van der Waals surface area contributed by atoms with E-state index in [-0.39, 0.29) is 17.3 Å². The third kappa shape index (κ3) is 2.92. The summed E-state index contributed by atoms with van der Waals surface area (Å²) in [6.45, 7) is 4.03. The molecule has 0 aliphatic carbocycles. The average molecular weight is 221 g/mol. The van der Waals surface area contributed by atoms with Crippen molar-refractivity contribution < 1.29 is 0 Å². The van der Waals surface area contributed by atoms with Gasteiger partial charge < -0.3 is 11.5 Å². The second-order valence-electron chi connectivity index (χ2n) is 3.86. The molecular weight excluding hydrogens is 202 g/mol. The molecule has 88 valence electrons. The molecule has 1 heterocycles. The fraction of sp³-hybridized carbons (Fsp3) is 0.545. The van der Waals surface area contributed by atoms with Crippen molar-refractivity contribution in [2.24, 2.45) is 5.73 Å². The van der Waals surface area contributed by atoms with Gasteiger partial charge in [0.25, 0.3) is 0 Å². The minimum Gasteiger partial charge on any atom is -0.382 e. The first-order valence-electron chi connectivity index (χ1n) is 5.53. The number of nitrogen functional groups attached to an aromatic ring is 2. The van der Waals surface area contributed by atoms with Crippen molar-refractivity contribution in [1.82, 2.24) is 9.97 Å². The molecule has 0 amide bonds. The molecule has 5 N–H and O–H groups in total. The molecule has 0 aliphatic heterocycles. The molecule has 0 aromatic carbocycles. The standard InChI is InChI=1S/C11H19N5/c1-3-4-5-6-8-7(2)15-9(10(12)13)11(14)16-8/h3-6H2,1-2H3,(H3,12,13)(H2,14,16). The molecule has 1 aromatic rings. The fourth-order valence-corrected chi connectivity index (χ4v) is 1.55. The Morgan fingerprint density at radius 3 is 2.56 bits per heavy atom. The van der Waals surface area contributed by atoms with E-state index in [1.807, 2.05) is 6.92 Å². The Hall–Kier alpha value is -1.65. The van der Waals surface area contributed by atoms with Gasteiger partial charge in [-0.15, -0.1) is 0 Å². The minimum atomic E-state index is -0.131. The summed E-state index contributed by atoms with van der Waals surface area (Å²) in [5.74, 6) is 0.123. The van der Waals surface area contributed by atoms with Crippen molar-refractivity contribution in [3.8, 4) is 0 Å². The van der Waals surface area contributed by atoms with Crippen molar-refractivity contribution in [2.45, 2.75) is 39.5 Å². The van der Waals surface area contributed by atoms with Gasteiger partial charge in [0.15, 0.2) is 5.82 Å². The van der Waals surface area contributed by atoms with Crippen LogP contribution in [0, 0.1) is 12.3 Å². The van der Waals surface area contributed by atoms with Crippen molar-refractivity contribution in [3.63, 3.8) is 0 Å². The molecular formula is C11H19N5. The highest BCUT2D eigenvalue weighted by Crippen LogP contribution is 2.12. The summed E-state index contributed by atoms with van der Waals surface area (Å²) < 4.78 is 0. The van der Waals surface area contributed by atoms with E-state index in [0.717, 1.165) is 24.2 Å². The molecule has 0 saturated carbocycles. The van der Waals surface area contributed by atoms with Crippen LogP contribution in [0.3, 0.4) is 0 Å². The number of hydrogen-bond donors (Lipinski definition) is 3. The van der Waals surface area contributed by atoms with E-state index in [4.69, 9.17) is 16.9 Å². The van der Waals surface area contributed by atoms with Crippen LogP contribution in [0.2, 0.25) is 0 Å². The highest BCUT2D eigenvalue weighted by atomic mass is 15.0. The molecule has 0 fully saturated rings. The summed E-state index contributed by atoms with van der Waals surface area (Å²) >= 11 is 0. The minimum absolute atomic E-state index is 0.131. The van der Waals surface area contributed by atoms with Crippen LogP contribution in [-0.2, 0) is 6.42 Å². The van der Waals surface area contributed by atoms with E-state index >= 15 is 0 Å². The largest absolute Gasteiger partial charge is 0.382 e. The molecule has 0 saturated heterocycles. The summed E-state index contributed by atoms with van der Waals surface area (Å²) in [7, 11) is 0. The number of unbranched alkanes of at least 4 members (excludes halogenated alkanes) is 2. The first kappa shape index (κ1) is 12.4. The Morgan fingerprint density at radius 2 is 2.00 bits per heavy atom. The number of rotatable bonds is 5. The van der Waals surface area contributed by atoms with Crippen LogP contribution in [0.1, 0.15) is 43.3 Å². The van der Waals surface area contributed by atoms with Crippen LogP contribution in [-0.4, -0.2) is 15.8 Å². The molecule has 5 nitrogen and oxygen atoms in total. The van der Waals surface area contributed by atoms with Gasteiger partial charge in [-0.25, -0.2) is 9.97 Å². The van der Waals surface area contributed by atoms with Crippen LogP contribution in [0.25, 0.3) is 0 Å². The Morgan fingerprint density at radius 1 is 1.31 bits per heavy atom. The molecule has 5 heteroatoms. The third-order valence-corrected chi connectivity index (χ3v) is 2.47. The lowest BCUT2D eigenvalue weighted by molar-refractivity contribution is 0.701. The lowest BCUT2D eigenvalue weighted by Gasteiger charge is -2.08. The summed E-state index contributed by atoms with van der Waals surface area (Å²) in [4.78, 5) is 8.47. The molecule has 0 atom stereocenters. The van der Waals surface area contributed by atoms with E-state index in [2.05, 4.69) is 16.9 Å². The van der Waals surface area contributed by atoms with E-state index in [1.165, 1.54) is 12.8 Å². The van der Waals surface area contributed by atoms with Gasteiger partial charge >= 0.3 is 0 Å². The first-order valence-corrected chi connectivity index (χ1v) is 5.53. The van der Waals surface area contributed by atoms with Crippen molar-refractivity contribution in [1.29, 1.82) is 5.41 Å². The van der Waals surface area contributed by atoms with Gasteiger partial charge in [0.05, 0.1) is 11.4 Å². The lowest BCUT2D eigenvalue weighted by Crippen LogP contribution is -2.18. The molecule has 0 radical (unpaired) electrons. The number of amidine groups is 1. The first-order chi connectivity index (χ1) is 7.56. The second kappa shape index (κ2) is 5.44. The van der Waals surface area contributed by atoms with Gasteiger partial charge in [-0.1, -0.05) is 19.8 Å². The van der Waals surface area contributed by atoms with Gasteiger partial charge in [-0.05, 0) is 19.8 Å². The maximum atomic E-state index is 7.31. The monoisotopic (exact) mass is 221 g/mol. The molecule has 16 heavy (non-hydrogen) atoms. The molecule has 0 unspecified atom stereocenters. The van der Waals surface area contributed by atoms with Crippen LogP contribution in [0.4, 0.5) is 5.82 Å². The van der Waals surface area contributed by atoms with Gasteiger partial charge in [-0.2, -0.15) is 0 Å². The van der Waals surface area contributed by atoms with Crippen LogP contribution < -0.4 is 11.5 Å². The molecule has 1 aromatic heterocycles. The molecule has 0 bridgehead atoms. The van der Waals surface area contributed by atoms with Crippen molar-refractivity contribution in [2.75, 3.05) is 5.73 Å². The van der Waals surface area contributed by atoms with Crippen molar-refractivity contribution in [3.05, 3.63) is 17.1 Å². The fourth-order valence-electron chi connectivity index (χ4n) is 1.55. The average Bonchev–Trinajstić information content (AvgIpc) is 2.22. The van der Waals surface area contributed by atoms with Gasteiger partial charge in [-0.3, -0.25) is 5.41 Å². The zero-order chi connectivity index (χ0) is 12.1. The summed E-state index contributed by atoms with van der Waals surface area (Å²) in [5, 5.41) is 7.31. The third-order valence-electron chi connectivity index (χ3n) is 2.47.